The lowest BCUT2D eigenvalue weighted by Crippen LogP contribution is -2.48. The average Bonchev–Trinajstić information content (AvgIpc) is 2.61. The van der Waals surface area contributed by atoms with Gasteiger partial charge >= 0.3 is 6.09 Å². The van der Waals surface area contributed by atoms with Gasteiger partial charge in [-0.25, -0.2) is 4.79 Å². The van der Waals surface area contributed by atoms with Crippen LogP contribution in [-0.4, -0.2) is 30.6 Å². The maximum Gasteiger partial charge on any atom is 0.410 e. The van der Waals surface area contributed by atoms with Crippen molar-refractivity contribution in [3.63, 3.8) is 0 Å². The lowest BCUT2D eigenvalue weighted by atomic mass is 10.0. The highest BCUT2D eigenvalue weighted by Crippen LogP contribution is 2.23. The second-order valence-corrected chi connectivity index (χ2v) is 5.36. The van der Waals surface area contributed by atoms with Crippen molar-refractivity contribution < 1.29 is 9.53 Å². The predicted octanol–water partition coefficient (Wildman–Crippen LogP) is 3.39. The Labute approximate surface area is 142 Å². The Bertz CT molecular complexity index is 607. The number of halogens is 1. The normalized spacial score (nSPS) is 17.2. The van der Waals surface area contributed by atoms with Gasteiger partial charge in [0, 0.05) is 19.6 Å². The van der Waals surface area contributed by atoms with Crippen molar-refractivity contribution in [3.05, 3.63) is 71.8 Å². The molecule has 3 rings (SSSR count). The minimum absolute atomic E-state index is 0. The third kappa shape index (κ3) is 4.47. The van der Waals surface area contributed by atoms with Crippen molar-refractivity contribution in [1.29, 1.82) is 0 Å². The number of carbonyl (C=O) groups is 1. The van der Waals surface area contributed by atoms with Crippen molar-refractivity contribution in [2.45, 2.75) is 12.6 Å². The van der Waals surface area contributed by atoms with E-state index in [1.54, 1.807) is 0 Å². The number of carbonyl (C=O) groups excluding carboxylic acids is 1. The van der Waals surface area contributed by atoms with Gasteiger partial charge in [0.15, 0.2) is 0 Å². The summed E-state index contributed by atoms with van der Waals surface area (Å²) in [5.41, 5.74) is 2.13. The van der Waals surface area contributed by atoms with Gasteiger partial charge in [-0.1, -0.05) is 60.7 Å². The minimum Gasteiger partial charge on any atom is -0.445 e. The van der Waals surface area contributed by atoms with Crippen LogP contribution in [0.15, 0.2) is 60.7 Å². The van der Waals surface area contributed by atoms with Gasteiger partial charge in [0.2, 0.25) is 0 Å². The van der Waals surface area contributed by atoms with Crippen LogP contribution in [0, 0.1) is 0 Å². The molecule has 4 nitrogen and oxygen atoms in total. The molecular formula is C18H21ClN2O2. The van der Waals surface area contributed by atoms with Crippen LogP contribution < -0.4 is 5.32 Å². The predicted molar refractivity (Wildman–Crippen MR) is 92.6 cm³/mol. The van der Waals surface area contributed by atoms with Crippen LogP contribution in [0.3, 0.4) is 0 Å². The van der Waals surface area contributed by atoms with Crippen molar-refractivity contribution in [2.75, 3.05) is 19.6 Å². The van der Waals surface area contributed by atoms with Gasteiger partial charge in [-0.2, -0.15) is 0 Å². The number of benzene rings is 2. The van der Waals surface area contributed by atoms with E-state index in [0.29, 0.717) is 13.2 Å². The van der Waals surface area contributed by atoms with Crippen LogP contribution in [0.5, 0.6) is 0 Å². The summed E-state index contributed by atoms with van der Waals surface area (Å²) in [6.45, 7) is 2.52. The van der Waals surface area contributed by atoms with Crippen molar-refractivity contribution in [3.8, 4) is 0 Å². The van der Waals surface area contributed by atoms with Gasteiger partial charge in [-0.3, -0.25) is 4.90 Å². The Morgan fingerprint density at radius 1 is 1.09 bits per heavy atom. The quantitative estimate of drug-likeness (QED) is 0.936. The topological polar surface area (TPSA) is 41.6 Å². The highest BCUT2D eigenvalue weighted by Gasteiger charge is 2.28. The Hall–Kier alpha value is -2.04. The molecule has 2 aromatic rings. The van der Waals surface area contributed by atoms with Gasteiger partial charge in [-0.15, -0.1) is 12.4 Å². The molecule has 0 aromatic heterocycles. The SMILES string of the molecule is Cl.O=C(OCc1ccccc1)N1CCNCC1c1ccccc1. The number of ether oxygens (including phenoxy) is 1. The number of nitrogens with zero attached hydrogens (tertiary/aromatic N) is 1. The highest BCUT2D eigenvalue weighted by molar-refractivity contribution is 5.85. The minimum atomic E-state index is -0.251. The van der Waals surface area contributed by atoms with E-state index in [1.165, 1.54) is 0 Å². The zero-order chi connectivity index (χ0) is 15.2. The summed E-state index contributed by atoms with van der Waals surface area (Å²) in [6, 6.07) is 19.9. The van der Waals surface area contributed by atoms with Crippen LogP contribution in [0.2, 0.25) is 0 Å². The molecule has 1 heterocycles. The van der Waals surface area contributed by atoms with Crippen LogP contribution in [-0.2, 0) is 11.3 Å². The molecule has 122 valence electrons. The Morgan fingerprint density at radius 2 is 1.74 bits per heavy atom. The molecular weight excluding hydrogens is 312 g/mol. The summed E-state index contributed by atoms with van der Waals surface area (Å²) in [4.78, 5) is 14.2. The van der Waals surface area contributed by atoms with Crippen LogP contribution >= 0.6 is 12.4 Å². The summed E-state index contributed by atoms with van der Waals surface area (Å²) < 4.78 is 5.48. The zero-order valence-corrected chi connectivity index (χ0v) is 13.7. The van der Waals surface area contributed by atoms with Crippen LogP contribution in [0.1, 0.15) is 17.2 Å². The van der Waals surface area contributed by atoms with E-state index in [0.717, 1.165) is 24.2 Å². The first-order valence-electron chi connectivity index (χ1n) is 7.57. The summed E-state index contributed by atoms with van der Waals surface area (Å²) in [7, 11) is 0. The Kier molecular flexibility index (Phi) is 6.44. The van der Waals surface area contributed by atoms with E-state index in [-0.39, 0.29) is 24.5 Å². The molecule has 0 aliphatic carbocycles. The van der Waals surface area contributed by atoms with Gasteiger partial charge in [0.1, 0.15) is 6.61 Å². The maximum absolute atomic E-state index is 12.4. The summed E-state index contributed by atoms with van der Waals surface area (Å²) in [6.07, 6.45) is -0.251. The van der Waals surface area contributed by atoms with Gasteiger partial charge in [-0.05, 0) is 11.1 Å². The first-order chi connectivity index (χ1) is 10.8. The number of rotatable bonds is 3. The molecule has 0 bridgehead atoms. The molecule has 1 N–H and O–H groups in total. The second-order valence-electron chi connectivity index (χ2n) is 5.36. The standard InChI is InChI=1S/C18H20N2O2.ClH/c21-18(22-14-15-7-3-1-4-8-15)20-12-11-19-13-17(20)16-9-5-2-6-10-16;/h1-10,17,19H,11-14H2;1H. The fraction of sp³-hybridized carbons (Fsp3) is 0.278. The van der Waals surface area contributed by atoms with E-state index < -0.39 is 0 Å². The third-order valence-electron chi connectivity index (χ3n) is 3.87. The molecule has 1 amide bonds. The molecule has 0 spiro atoms. The molecule has 1 aliphatic rings. The molecule has 23 heavy (non-hydrogen) atoms. The average molecular weight is 333 g/mol. The van der Waals surface area contributed by atoms with Gasteiger partial charge in [0.05, 0.1) is 6.04 Å². The molecule has 5 heteroatoms. The second kappa shape index (κ2) is 8.56. The number of amides is 1. The monoisotopic (exact) mass is 332 g/mol. The first-order valence-corrected chi connectivity index (χ1v) is 7.57. The number of hydrogen-bond acceptors (Lipinski definition) is 3. The van der Waals surface area contributed by atoms with Crippen molar-refractivity contribution in [1.82, 2.24) is 10.2 Å². The Morgan fingerprint density at radius 3 is 2.43 bits per heavy atom. The van der Waals surface area contributed by atoms with Gasteiger partial charge in [0.25, 0.3) is 0 Å². The zero-order valence-electron chi connectivity index (χ0n) is 12.9. The molecule has 1 saturated heterocycles. The van der Waals surface area contributed by atoms with Crippen molar-refractivity contribution >= 4 is 18.5 Å². The van der Waals surface area contributed by atoms with Crippen molar-refractivity contribution in [2.24, 2.45) is 0 Å². The molecule has 1 atom stereocenters. The largest absolute Gasteiger partial charge is 0.445 e. The summed E-state index contributed by atoms with van der Waals surface area (Å²) >= 11 is 0. The summed E-state index contributed by atoms with van der Waals surface area (Å²) in [5.74, 6) is 0. The fourth-order valence-electron chi connectivity index (χ4n) is 2.70. The fourth-order valence-corrected chi connectivity index (χ4v) is 2.70. The third-order valence-corrected chi connectivity index (χ3v) is 3.87. The molecule has 0 saturated carbocycles. The van der Waals surface area contributed by atoms with Gasteiger partial charge < -0.3 is 10.1 Å². The van der Waals surface area contributed by atoms with E-state index in [2.05, 4.69) is 17.4 Å². The number of piperazine rings is 1. The van der Waals surface area contributed by atoms with E-state index in [9.17, 15) is 4.79 Å². The lowest BCUT2D eigenvalue weighted by Gasteiger charge is -2.35. The lowest BCUT2D eigenvalue weighted by molar-refractivity contribution is 0.0720. The molecule has 1 unspecified atom stereocenters. The highest BCUT2D eigenvalue weighted by atomic mass is 35.5. The molecule has 1 aliphatic heterocycles. The summed E-state index contributed by atoms with van der Waals surface area (Å²) in [5, 5.41) is 3.34. The molecule has 0 radical (unpaired) electrons. The van der Waals surface area contributed by atoms with E-state index >= 15 is 0 Å². The Balaban J connectivity index is 0.00000192. The maximum atomic E-state index is 12.4. The van der Waals surface area contributed by atoms with Crippen LogP contribution in [0.4, 0.5) is 4.79 Å². The van der Waals surface area contributed by atoms with Crippen LogP contribution in [0.25, 0.3) is 0 Å². The van der Waals surface area contributed by atoms with E-state index in [4.69, 9.17) is 4.74 Å². The first kappa shape index (κ1) is 17.3. The number of nitrogens with one attached hydrogen (secondary N) is 1. The number of hydrogen-bond donors (Lipinski definition) is 1. The molecule has 1 fully saturated rings. The smallest absolute Gasteiger partial charge is 0.410 e. The molecule has 2 aromatic carbocycles. The van der Waals surface area contributed by atoms with E-state index in [1.807, 2.05) is 53.4 Å².